The minimum atomic E-state index is 1.04. The van der Waals surface area contributed by atoms with Crippen LogP contribution in [0.1, 0.15) is 44.5 Å². The third-order valence-corrected chi connectivity index (χ3v) is 7.55. The molecule has 0 spiro atoms. The summed E-state index contributed by atoms with van der Waals surface area (Å²) >= 11 is 0. The normalized spacial score (nSPS) is 14.9. The number of allylic oxidation sites excluding steroid dienone is 2. The van der Waals surface area contributed by atoms with Gasteiger partial charge in [0.1, 0.15) is 0 Å². The van der Waals surface area contributed by atoms with Crippen molar-refractivity contribution in [1.29, 1.82) is 0 Å². The molecule has 33 heavy (non-hydrogen) atoms. The van der Waals surface area contributed by atoms with Gasteiger partial charge in [-0.1, -0.05) is 108 Å². The lowest BCUT2D eigenvalue weighted by Crippen LogP contribution is -1.93. The molecular weight excluding hydrogens is 396 g/mol. The fourth-order valence-corrected chi connectivity index (χ4v) is 5.94. The molecule has 0 amide bonds. The molecule has 3 aliphatic rings. The second-order valence-electron chi connectivity index (χ2n) is 9.87. The molecule has 0 heteroatoms. The van der Waals surface area contributed by atoms with Gasteiger partial charge in [0.15, 0.2) is 0 Å². The van der Waals surface area contributed by atoms with Crippen LogP contribution in [0.5, 0.6) is 0 Å². The first-order valence-corrected chi connectivity index (χ1v) is 12.1. The van der Waals surface area contributed by atoms with E-state index in [1.54, 1.807) is 0 Å². The Morgan fingerprint density at radius 2 is 0.939 bits per heavy atom. The summed E-state index contributed by atoms with van der Waals surface area (Å²) < 4.78 is 0. The molecule has 0 heterocycles. The maximum absolute atomic E-state index is 2.46. The van der Waals surface area contributed by atoms with E-state index in [-0.39, 0.29) is 0 Å². The maximum Gasteiger partial charge on any atom is -0.00134 e. The molecule has 0 aromatic heterocycles. The largest absolute Gasteiger partial charge is 0.0619 e. The molecule has 0 bridgehead atoms. The molecule has 0 saturated heterocycles. The zero-order valence-electron chi connectivity index (χ0n) is 18.8. The Bertz CT molecular complexity index is 1360. The molecule has 0 nitrogen and oxygen atoms in total. The predicted octanol–water partition coefficient (Wildman–Crippen LogP) is 7.62. The van der Waals surface area contributed by atoms with Crippen molar-refractivity contribution in [1.82, 2.24) is 0 Å². The van der Waals surface area contributed by atoms with E-state index in [9.17, 15) is 0 Å². The first-order chi connectivity index (χ1) is 16.3. The molecule has 0 atom stereocenters. The summed E-state index contributed by atoms with van der Waals surface area (Å²) in [5.74, 6) is 0. The Labute approximate surface area is 195 Å². The number of hydrogen-bond donors (Lipinski definition) is 0. The van der Waals surface area contributed by atoms with Crippen LogP contribution in [-0.2, 0) is 32.1 Å². The second-order valence-corrected chi connectivity index (χ2v) is 9.87. The number of benzene rings is 4. The van der Waals surface area contributed by atoms with E-state index >= 15 is 0 Å². The molecule has 0 aliphatic heterocycles. The minimum Gasteiger partial charge on any atom is -0.0619 e. The van der Waals surface area contributed by atoms with Crippen molar-refractivity contribution < 1.29 is 0 Å². The van der Waals surface area contributed by atoms with Crippen molar-refractivity contribution in [3.8, 4) is 11.1 Å². The summed E-state index contributed by atoms with van der Waals surface area (Å²) in [5.41, 5.74) is 17.5. The highest BCUT2D eigenvalue weighted by atomic mass is 14.2. The van der Waals surface area contributed by atoms with Gasteiger partial charge in [-0.05, 0) is 87.7 Å². The van der Waals surface area contributed by atoms with Gasteiger partial charge in [-0.15, -0.1) is 0 Å². The molecule has 0 N–H and O–H groups in total. The highest BCUT2D eigenvalue weighted by Gasteiger charge is 2.21. The monoisotopic (exact) mass is 422 g/mol. The fourth-order valence-electron chi connectivity index (χ4n) is 5.94. The van der Waals surface area contributed by atoms with E-state index in [1.807, 2.05) is 0 Å². The maximum atomic E-state index is 2.46. The van der Waals surface area contributed by atoms with Crippen LogP contribution < -0.4 is 0 Å². The van der Waals surface area contributed by atoms with Gasteiger partial charge in [0.2, 0.25) is 0 Å². The Morgan fingerprint density at radius 3 is 1.42 bits per heavy atom. The van der Waals surface area contributed by atoms with Crippen LogP contribution in [0.3, 0.4) is 0 Å². The van der Waals surface area contributed by atoms with Crippen molar-refractivity contribution in [2.24, 2.45) is 0 Å². The molecule has 4 aromatic carbocycles. The Morgan fingerprint density at radius 1 is 0.455 bits per heavy atom. The smallest absolute Gasteiger partial charge is 0.00134 e. The van der Waals surface area contributed by atoms with E-state index in [4.69, 9.17) is 0 Å². The lowest BCUT2D eigenvalue weighted by Gasteiger charge is -2.09. The topological polar surface area (TPSA) is 0 Å². The second kappa shape index (κ2) is 7.46. The van der Waals surface area contributed by atoms with Crippen LogP contribution in [0.15, 0.2) is 96.1 Å². The van der Waals surface area contributed by atoms with Crippen LogP contribution in [0.2, 0.25) is 0 Å². The summed E-state index contributed by atoms with van der Waals surface area (Å²) in [6.07, 6.45) is 10.1. The van der Waals surface area contributed by atoms with Crippen molar-refractivity contribution in [2.45, 2.75) is 32.1 Å². The van der Waals surface area contributed by atoms with Crippen molar-refractivity contribution >= 4 is 12.2 Å². The van der Waals surface area contributed by atoms with Gasteiger partial charge in [0.25, 0.3) is 0 Å². The average molecular weight is 423 g/mol. The van der Waals surface area contributed by atoms with Gasteiger partial charge < -0.3 is 0 Å². The van der Waals surface area contributed by atoms with Crippen molar-refractivity contribution in [3.63, 3.8) is 0 Å². The highest BCUT2D eigenvalue weighted by molar-refractivity contribution is 5.78. The van der Waals surface area contributed by atoms with Crippen molar-refractivity contribution in [2.75, 3.05) is 0 Å². The highest BCUT2D eigenvalue weighted by Crippen LogP contribution is 2.39. The summed E-state index contributed by atoms with van der Waals surface area (Å²) in [5, 5.41) is 0. The van der Waals surface area contributed by atoms with Gasteiger partial charge in [-0.25, -0.2) is 0 Å². The van der Waals surface area contributed by atoms with Crippen LogP contribution in [0.4, 0.5) is 0 Å². The third kappa shape index (κ3) is 3.38. The summed E-state index contributed by atoms with van der Waals surface area (Å²) in [6.45, 7) is 0. The first-order valence-electron chi connectivity index (χ1n) is 12.1. The first kappa shape index (κ1) is 18.9. The van der Waals surface area contributed by atoms with Gasteiger partial charge in [0, 0.05) is 0 Å². The standard InChI is InChI=1S/C33H26/c1-2-6-27-16-24(15-26(27)5-1)13-22-9-11-30-21-31-12-10-23(20-33(31)32(30)19-22)14-25-17-28-7-3-4-8-29(28)18-25/h1-12,15,17,19-20H,13-14,16,18,21H2. The van der Waals surface area contributed by atoms with Gasteiger partial charge in [0.05, 0.1) is 0 Å². The van der Waals surface area contributed by atoms with E-state index in [0.717, 1.165) is 32.1 Å². The minimum absolute atomic E-state index is 1.04. The molecule has 158 valence electrons. The SMILES string of the molecule is C1=C(Cc2ccc3c(c2)-c2cc(CC4=Cc5ccccc5C4)ccc2C3)Cc2ccccc21. The predicted molar refractivity (Wildman–Crippen MR) is 138 cm³/mol. The number of fused-ring (bicyclic) bond motifs is 5. The summed E-state index contributed by atoms with van der Waals surface area (Å²) in [7, 11) is 0. The summed E-state index contributed by atoms with van der Waals surface area (Å²) in [6, 6.07) is 31.9. The molecule has 7 rings (SSSR count). The molecular formula is C33H26. The lowest BCUT2D eigenvalue weighted by atomic mass is 9.96. The molecule has 0 fully saturated rings. The quantitative estimate of drug-likeness (QED) is 0.279. The van der Waals surface area contributed by atoms with Crippen LogP contribution >= 0.6 is 0 Å². The summed E-state index contributed by atoms with van der Waals surface area (Å²) in [4.78, 5) is 0. The molecule has 0 unspecified atom stereocenters. The average Bonchev–Trinajstić information content (AvgIpc) is 3.53. The van der Waals surface area contributed by atoms with Gasteiger partial charge in [-0.2, -0.15) is 0 Å². The Balaban J connectivity index is 1.14. The van der Waals surface area contributed by atoms with E-state index < -0.39 is 0 Å². The Kier molecular flexibility index (Phi) is 4.27. The molecule has 0 radical (unpaired) electrons. The van der Waals surface area contributed by atoms with E-state index in [1.165, 1.54) is 66.8 Å². The van der Waals surface area contributed by atoms with E-state index in [0.29, 0.717) is 0 Å². The van der Waals surface area contributed by atoms with Crippen molar-refractivity contribution in [3.05, 3.63) is 141 Å². The zero-order chi connectivity index (χ0) is 21.8. The number of rotatable bonds is 4. The lowest BCUT2D eigenvalue weighted by molar-refractivity contribution is 1.07. The number of hydrogen-bond acceptors (Lipinski definition) is 0. The van der Waals surface area contributed by atoms with Crippen LogP contribution in [0, 0.1) is 0 Å². The van der Waals surface area contributed by atoms with Gasteiger partial charge in [-0.3, -0.25) is 0 Å². The zero-order valence-corrected chi connectivity index (χ0v) is 18.8. The van der Waals surface area contributed by atoms with E-state index in [2.05, 4.69) is 97.1 Å². The fraction of sp³-hybridized carbons (Fsp3) is 0.152. The molecule has 0 saturated carbocycles. The molecule has 4 aromatic rings. The molecule has 3 aliphatic carbocycles. The third-order valence-electron chi connectivity index (χ3n) is 7.55. The van der Waals surface area contributed by atoms with Gasteiger partial charge >= 0.3 is 0 Å². The van der Waals surface area contributed by atoms with Crippen LogP contribution in [0.25, 0.3) is 23.3 Å². The Hall–Kier alpha value is -3.64. The van der Waals surface area contributed by atoms with Crippen LogP contribution in [-0.4, -0.2) is 0 Å².